The molecule has 0 atom stereocenters. The SMILES string of the molecule is CCN(c1ccc(NC(=O)C=Cc2ccc(S(=O)(=O)NC)cc2)cc1)C(C)C. The average Bonchev–Trinajstić information content (AvgIpc) is 2.68. The van der Waals surface area contributed by atoms with Gasteiger partial charge in [-0.3, -0.25) is 4.79 Å². The summed E-state index contributed by atoms with van der Waals surface area (Å²) in [4.78, 5) is 14.6. The smallest absolute Gasteiger partial charge is 0.248 e. The monoisotopic (exact) mass is 401 g/mol. The summed E-state index contributed by atoms with van der Waals surface area (Å²) in [5.41, 5.74) is 2.56. The Hall–Kier alpha value is -2.64. The van der Waals surface area contributed by atoms with Gasteiger partial charge in [0.05, 0.1) is 4.90 Å². The normalized spacial score (nSPS) is 11.8. The van der Waals surface area contributed by atoms with Gasteiger partial charge in [-0.05, 0) is 75.9 Å². The zero-order valence-electron chi connectivity index (χ0n) is 16.6. The fourth-order valence-electron chi connectivity index (χ4n) is 2.81. The first-order valence-corrected chi connectivity index (χ1v) is 10.6. The lowest BCUT2D eigenvalue weighted by Crippen LogP contribution is -2.30. The molecular formula is C21H27N3O3S. The third-order valence-corrected chi connectivity index (χ3v) is 5.75. The number of hydrogen-bond acceptors (Lipinski definition) is 4. The quantitative estimate of drug-likeness (QED) is 0.664. The molecule has 150 valence electrons. The van der Waals surface area contributed by atoms with Crippen LogP contribution in [0.4, 0.5) is 11.4 Å². The van der Waals surface area contributed by atoms with Crippen molar-refractivity contribution in [1.82, 2.24) is 4.72 Å². The summed E-state index contributed by atoms with van der Waals surface area (Å²) in [6.45, 7) is 7.32. The van der Waals surface area contributed by atoms with Gasteiger partial charge in [-0.2, -0.15) is 0 Å². The molecule has 0 saturated carbocycles. The van der Waals surface area contributed by atoms with Crippen LogP contribution in [0.1, 0.15) is 26.3 Å². The van der Waals surface area contributed by atoms with Gasteiger partial charge in [0.1, 0.15) is 0 Å². The molecule has 6 nitrogen and oxygen atoms in total. The van der Waals surface area contributed by atoms with E-state index in [1.165, 1.54) is 25.3 Å². The molecule has 0 aromatic heterocycles. The molecule has 2 N–H and O–H groups in total. The van der Waals surface area contributed by atoms with Crippen molar-refractivity contribution in [2.24, 2.45) is 0 Å². The Bertz CT molecular complexity index is 918. The van der Waals surface area contributed by atoms with Crippen molar-refractivity contribution in [3.05, 3.63) is 60.2 Å². The third kappa shape index (κ3) is 5.68. The van der Waals surface area contributed by atoms with E-state index >= 15 is 0 Å². The number of nitrogens with one attached hydrogen (secondary N) is 2. The summed E-state index contributed by atoms with van der Waals surface area (Å²) >= 11 is 0. The molecule has 0 radical (unpaired) electrons. The number of carbonyl (C=O) groups is 1. The highest BCUT2D eigenvalue weighted by Gasteiger charge is 2.10. The van der Waals surface area contributed by atoms with Gasteiger partial charge in [0.2, 0.25) is 15.9 Å². The van der Waals surface area contributed by atoms with E-state index in [0.717, 1.165) is 17.8 Å². The molecule has 2 aromatic rings. The predicted octanol–water partition coefficient (Wildman–Crippen LogP) is 3.48. The Labute approximate surface area is 167 Å². The van der Waals surface area contributed by atoms with Gasteiger partial charge in [0.15, 0.2) is 0 Å². The first kappa shape index (κ1) is 21.7. The molecule has 1 amide bonds. The van der Waals surface area contributed by atoms with Gasteiger partial charge in [0, 0.05) is 30.0 Å². The maximum absolute atomic E-state index is 12.1. The Morgan fingerprint density at radius 3 is 2.18 bits per heavy atom. The van der Waals surface area contributed by atoms with Crippen LogP contribution in [-0.2, 0) is 14.8 Å². The van der Waals surface area contributed by atoms with E-state index in [0.29, 0.717) is 11.7 Å². The van der Waals surface area contributed by atoms with Gasteiger partial charge in [0.25, 0.3) is 0 Å². The number of hydrogen-bond donors (Lipinski definition) is 2. The third-order valence-electron chi connectivity index (χ3n) is 4.32. The van der Waals surface area contributed by atoms with Crippen LogP contribution in [0.5, 0.6) is 0 Å². The first-order chi connectivity index (χ1) is 13.3. The largest absolute Gasteiger partial charge is 0.369 e. The number of sulfonamides is 1. The number of amides is 1. The van der Waals surface area contributed by atoms with Gasteiger partial charge < -0.3 is 10.2 Å². The van der Waals surface area contributed by atoms with Crippen molar-refractivity contribution in [3.63, 3.8) is 0 Å². The van der Waals surface area contributed by atoms with E-state index in [1.54, 1.807) is 18.2 Å². The van der Waals surface area contributed by atoms with Crippen LogP contribution in [0.3, 0.4) is 0 Å². The maximum atomic E-state index is 12.1. The Morgan fingerprint density at radius 1 is 1.07 bits per heavy atom. The summed E-state index contributed by atoms with van der Waals surface area (Å²) in [6, 6.07) is 14.4. The Kier molecular flexibility index (Phi) is 7.37. The van der Waals surface area contributed by atoms with E-state index in [9.17, 15) is 13.2 Å². The van der Waals surface area contributed by atoms with Gasteiger partial charge in [-0.1, -0.05) is 12.1 Å². The van der Waals surface area contributed by atoms with Gasteiger partial charge >= 0.3 is 0 Å². The second-order valence-corrected chi connectivity index (χ2v) is 8.41. The van der Waals surface area contributed by atoms with Crippen molar-refractivity contribution in [2.75, 3.05) is 23.8 Å². The molecule has 2 aromatic carbocycles. The molecular weight excluding hydrogens is 374 g/mol. The minimum atomic E-state index is -3.46. The molecule has 0 aliphatic carbocycles. The molecule has 28 heavy (non-hydrogen) atoms. The van der Waals surface area contributed by atoms with E-state index < -0.39 is 10.0 Å². The van der Waals surface area contributed by atoms with Crippen molar-refractivity contribution in [3.8, 4) is 0 Å². The fraction of sp³-hybridized carbons (Fsp3) is 0.286. The van der Waals surface area contributed by atoms with Gasteiger partial charge in [-0.15, -0.1) is 0 Å². The summed E-state index contributed by atoms with van der Waals surface area (Å²) in [5.74, 6) is -0.254. The van der Waals surface area contributed by atoms with Crippen LogP contribution < -0.4 is 14.9 Å². The standard InChI is InChI=1S/C21H27N3O3S/c1-5-24(16(2)3)19-11-9-18(10-12-19)23-21(25)15-8-17-6-13-20(14-7-17)28(26,27)22-4/h6-16,22H,5H2,1-4H3,(H,23,25). The lowest BCUT2D eigenvalue weighted by Gasteiger charge is -2.27. The van der Waals surface area contributed by atoms with Crippen molar-refractivity contribution in [1.29, 1.82) is 0 Å². The van der Waals surface area contributed by atoms with Crippen LogP contribution in [0, 0.1) is 0 Å². The highest BCUT2D eigenvalue weighted by atomic mass is 32.2. The summed E-state index contributed by atoms with van der Waals surface area (Å²) in [7, 11) is -2.10. The lowest BCUT2D eigenvalue weighted by molar-refractivity contribution is -0.111. The summed E-state index contributed by atoms with van der Waals surface area (Å²) in [6.07, 6.45) is 3.05. The molecule has 0 saturated heterocycles. The zero-order valence-corrected chi connectivity index (χ0v) is 17.5. The van der Waals surface area contributed by atoms with E-state index in [-0.39, 0.29) is 10.8 Å². The number of rotatable bonds is 8. The first-order valence-electron chi connectivity index (χ1n) is 9.16. The van der Waals surface area contributed by atoms with Crippen LogP contribution in [0.15, 0.2) is 59.5 Å². The molecule has 2 rings (SSSR count). The van der Waals surface area contributed by atoms with E-state index in [1.807, 2.05) is 24.3 Å². The molecule has 0 bridgehead atoms. The zero-order chi connectivity index (χ0) is 20.7. The van der Waals surface area contributed by atoms with Crippen molar-refractivity contribution < 1.29 is 13.2 Å². The number of benzene rings is 2. The molecule has 0 unspecified atom stereocenters. The molecule has 0 aliphatic rings. The van der Waals surface area contributed by atoms with E-state index in [4.69, 9.17) is 0 Å². The minimum absolute atomic E-state index is 0.180. The van der Waals surface area contributed by atoms with Crippen LogP contribution in [0.25, 0.3) is 6.08 Å². The highest BCUT2D eigenvalue weighted by molar-refractivity contribution is 7.89. The molecule has 0 fully saturated rings. The van der Waals surface area contributed by atoms with E-state index in [2.05, 4.69) is 35.7 Å². The average molecular weight is 402 g/mol. The summed E-state index contributed by atoms with van der Waals surface area (Å²) in [5, 5.41) is 2.82. The highest BCUT2D eigenvalue weighted by Crippen LogP contribution is 2.20. The molecule has 0 aliphatic heterocycles. The lowest BCUT2D eigenvalue weighted by atomic mass is 10.2. The Morgan fingerprint density at radius 2 is 1.68 bits per heavy atom. The van der Waals surface area contributed by atoms with Gasteiger partial charge in [-0.25, -0.2) is 13.1 Å². The maximum Gasteiger partial charge on any atom is 0.248 e. The predicted molar refractivity (Wildman–Crippen MR) is 115 cm³/mol. The van der Waals surface area contributed by atoms with Crippen LogP contribution in [-0.4, -0.2) is 34.0 Å². The summed E-state index contributed by atoms with van der Waals surface area (Å²) < 4.78 is 25.7. The molecule has 0 heterocycles. The number of nitrogens with zero attached hydrogens (tertiary/aromatic N) is 1. The fourth-order valence-corrected chi connectivity index (χ4v) is 3.54. The second-order valence-electron chi connectivity index (χ2n) is 6.53. The van der Waals surface area contributed by atoms with Crippen molar-refractivity contribution in [2.45, 2.75) is 31.7 Å². The van der Waals surface area contributed by atoms with Crippen molar-refractivity contribution >= 4 is 33.4 Å². The molecule has 7 heteroatoms. The number of anilines is 2. The minimum Gasteiger partial charge on any atom is -0.369 e. The molecule has 0 spiro atoms. The Balaban J connectivity index is 2.00. The second kappa shape index (κ2) is 9.52. The van der Waals surface area contributed by atoms with Crippen LogP contribution in [0.2, 0.25) is 0 Å². The number of carbonyl (C=O) groups excluding carboxylic acids is 1. The topological polar surface area (TPSA) is 78.5 Å². The van der Waals surface area contributed by atoms with Crippen LogP contribution >= 0.6 is 0 Å².